The van der Waals surface area contributed by atoms with Gasteiger partial charge < -0.3 is 19.7 Å². The number of likely N-dealkylation sites (tertiary alicyclic amines) is 1. The maximum absolute atomic E-state index is 12.5. The van der Waals surface area contributed by atoms with E-state index in [4.69, 9.17) is 9.47 Å². The van der Waals surface area contributed by atoms with Gasteiger partial charge in [-0.25, -0.2) is 14.4 Å². The van der Waals surface area contributed by atoms with Gasteiger partial charge in [0.25, 0.3) is 0 Å². The molecule has 1 saturated heterocycles. The molecule has 0 bridgehead atoms. The highest BCUT2D eigenvalue weighted by molar-refractivity contribution is 5.89. The third-order valence-electron chi connectivity index (χ3n) is 4.36. The highest BCUT2D eigenvalue weighted by Gasteiger charge is 2.44. The van der Waals surface area contributed by atoms with Crippen molar-refractivity contribution in [3.05, 3.63) is 29.3 Å². The number of carboxylic acid groups (broad SMARTS) is 2. The van der Waals surface area contributed by atoms with Crippen LogP contribution in [0.3, 0.4) is 0 Å². The Balaban J connectivity index is 2.37. The minimum absolute atomic E-state index is 0.0171. The van der Waals surface area contributed by atoms with Crippen LogP contribution in [0, 0.1) is 0 Å². The second-order valence-corrected chi connectivity index (χ2v) is 7.80. The van der Waals surface area contributed by atoms with E-state index in [1.165, 1.54) is 17.0 Å². The predicted octanol–water partition coefficient (Wildman–Crippen LogP) is 3.35. The minimum atomic E-state index is -1.16. The van der Waals surface area contributed by atoms with Gasteiger partial charge in [0.15, 0.2) is 0 Å². The first-order chi connectivity index (χ1) is 13.0. The SMILES string of the molecule is CCCOc1cc(C(=O)O)cc(C2CCN(C(=O)OC(C)(C)C)C2C(=O)O)c1. The van der Waals surface area contributed by atoms with E-state index >= 15 is 0 Å². The molecular formula is C20H27NO7. The van der Waals surface area contributed by atoms with E-state index in [-0.39, 0.29) is 12.1 Å². The molecule has 0 spiro atoms. The third kappa shape index (κ3) is 5.15. The van der Waals surface area contributed by atoms with Gasteiger partial charge in [-0.15, -0.1) is 0 Å². The van der Waals surface area contributed by atoms with Crippen molar-refractivity contribution in [2.45, 2.75) is 58.1 Å². The molecule has 2 atom stereocenters. The number of carboxylic acids is 2. The van der Waals surface area contributed by atoms with Gasteiger partial charge in [-0.1, -0.05) is 6.92 Å². The van der Waals surface area contributed by atoms with Crippen LogP contribution in [0.2, 0.25) is 0 Å². The lowest BCUT2D eigenvalue weighted by Gasteiger charge is -2.28. The summed E-state index contributed by atoms with van der Waals surface area (Å²) in [4.78, 5) is 37.1. The van der Waals surface area contributed by atoms with E-state index < -0.39 is 35.6 Å². The Bertz CT molecular complexity index is 753. The van der Waals surface area contributed by atoms with Crippen LogP contribution in [0.4, 0.5) is 4.79 Å². The molecule has 0 saturated carbocycles. The van der Waals surface area contributed by atoms with Crippen molar-refractivity contribution in [3.63, 3.8) is 0 Å². The van der Waals surface area contributed by atoms with Crippen molar-refractivity contribution in [2.24, 2.45) is 0 Å². The summed E-state index contributed by atoms with van der Waals surface area (Å²) in [7, 11) is 0. The van der Waals surface area contributed by atoms with Gasteiger partial charge in [0.05, 0.1) is 12.2 Å². The van der Waals surface area contributed by atoms with E-state index in [1.54, 1.807) is 26.8 Å². The Hall–Kier alpha value is -2.77. The highest BCUT2D eigenvalue weighted by Crippen LogP contribution is 2.36. The van der Waals surface area contributed by atoms with E-state index in [1.807, 2.05) is 6.92 Å². The number of ether oxygens (including phenoxy) is 2. The van der Waals surface area contributed by atoms with Gasteiger partial charge >= 0.3 is 18.0 Å². The number of aromatic carboxylic acids is 1. The molecule has 8 heteroatoms. The molecule has 2 N–H and O–H groups in total. The summed E-state index contributed by atoms with van der Waals surface area (Å²) in [6, 6.07) is 3.37. The number of benzene rings is 1. The zero-order valence-electron chi connectivity index (χ0n) is 16.6. The van der Waals surface area contributed by atoms with Gasteiger partial charge in [0, 0.05) is 12.5 Å². The molecule has 1 heterocycles. The predicted molar refractivity (Wildman–Crippen MR) is 101 cm³/mol. The maximum Gasteiger partial charge on any atom is 0.411 e. The minimum Gasteiger partial charge on any atom is -0.494 e. The summed E-state index contributed by atoms with van der Waals surface area (Å²) < 4.78 is 10.9. The quantitative estimate of drug-likeness (QED) is 0.762. The lowest BCUT2D eigenvalue weighted by atomic mass is 9.90. The van der Waals surface area contributed by atoms with E-state index in [0.717, 1.165) is 6.42 Å². The molecule has 1 aromatic rings. The fraction of sp³-hybridized carbons (Fsp3) is 0.550. The molecule has 0 radical (unpaired) electrons. The molecule has 1 amide bonds. The first-order valence-corrected chi connectivity index (χ1v) is 9.27. The number of hydrogen-bond donors (Lipinski definition) is 2. The molecule has 1 fully saturated rings. The molecule has 1 aliphatic rings. The number of rotatable bonds is 6. The van der Waals surface area contributed by atoms with E-state index in [9.17, 15) is 24.6 Å². The molecule has 1 aromatic carbocycles. The second-order valence-electron chi connectivity index (χ2n) is 7.80. The molecule has 154 valence electrons. The maximum atomic E-state index is 12.5. The van der Waals surface area contributed by atoms with Gasteiger partial charge in [-0.3, -0.25) is 4.90 Å². The van der Waals surface area contributed by atoms with Crippen molar-refractivity contribution >= 4 is 18.0 Å². The molecular weight excluding hydrogens is 366 g/mol. The molecule has 8 nitrogen and oxygen atoms in total. The average molecular weight is 393 g/mol. The number of carbonyl (C=O) groups is 3. The first-order valence-electron chi connectivity index (χ1n) is 9.27. The molecule has 28 heavy (non-hydrogen) atoms. The van der Waals surface area contributed by atoms with Crippen molar-refractivity contribution in [2.75, 3.05) is 13.2 Å². The number of carbonyl (C=O) groups excluding carboxylic acids is 1. The summed E-state index contributed by atoms with van der Waals surface area (Å²) in [5.41, 5.74) is -0.212. The number of hydrogen-bond acceptors (Lipinski definition) is 5. The highest BCUT2D eigenvalue weighted by atomic mass is 16.6. The molecule has 0 aromatic heterocycles. The van der Waals surface area contributed by atoms with Crippen molar-refractivity contribution < 1.29 is 34.1 Å². The Kier molecular flexibility index (Phi) is 6.53. The smallest absolute Gasteiger partial charge is 0.411 e. The number of nitrogens with zero attached hydrogens (tertiary/aromatic N) is 1. The van der Waals surface area contributed by atoms with Gasteiger partial charge in [-0.05, 0) is 57.4 Å². The normalized spacial score (nSPS) is 19.4. The van der Waals surface area contributed by atoms with Crippen LogP contribution in [0.15, 0.2) is 18.2 Å². The van der Waals surface area contributed by atoms with Crippen LogP contribution in [-0.2, 0) is 9.53 Å². The second kappa shape index (κ2) is 8.50. The third-order valence-corrected chi connectivity index (χ3v) is 4.36. The zero-order chi connectivity index (χ0) is 21.1. The van der Waals surface area contributed by atoms with Gasteiger partial charge in [-0.2, -0.15) is 0 Å². The number of amides is 1. The van der Waals surface area contributed by atoms with Crippen LogP contribution < -0.4 is 4.74 Å². The van der Waals surface area contributed by atoms with Crippen LogP contribution in [0.25, 0.3) is 0 Å². The lowest BCUT2D eigenvalue weighted by Crippen LogP contribution is -2.45. The number of aliphatic carboxylic acids is 1. The summed E-state index contributed by atoms with van der Waals surface area (Å²) >= 11 is 0. The van der Waals surface area contributed by atoms with Crippen LogP contribution in [-0.4, -0.2) is 57.9 Å². The standard InChI is InChI=1S/C20H27NO7/c1-5-8-27-14-10-12(9-13(11-14)17(22)23)15-6-7-21(16(15)18(24)25)19(26)28-20(2,3)4/h9-11,15-16H,5-8H2,1-4H3,(H,22,23)(H,24,25). The monoisotopic (exact) mass is 393 g/mol. The largest absolute Gasteiger partial charge is 0.494 e. The van der Waals surface area contributed by atoms with Crippen molar-refractivity contribution in [1.29, 1.82) is 0 Å². The lowest BCUT2D eigenvalue weighted by molar-refractivity contribution is -0.142. The van der Waals surface area contributed by atoms with Crippen LogP contribution in [0.1, 0.15) is 62.4 Å². The first kappa shape index (κ1) is 21.5. The van der Waals surface area contributed by atoms with Crippen molar-refractivity contribution in [3.8, 4) is 5.75 Å². The zero-order valence-corrected chi connectivity index (χ0v) is 16.6. The Morgan fingerprint density at radius 3 is 2.39 bits per heavy atom. The summed E-state index contributed by atoms with van der Waals surface area (Å²) in [5.74, 6) is -2.48. The Labute approximate surface area is 164 Å². The van der Waals surface area contributed by atoms with Gasteiger partial charge in [0.2, 0.25) is 0 Å². The molecule has 1 aliphatic heterocycles. The topological polar surface area (TPSA) is 113 Å². The molecule has 2 unspecified atom stereocenters. The average Bonchev–Trinajstić information content (AvgIpc) is 3.03. The van der Waals surface area contributed by atoms with Crippen molar-refractivity contribution in [1.82, 2.24) is 4.90 Å². The van der Waals surface area contributed by atoms with Crippen LogP contribution in [0.5, 0.6) is 5.75 Å². The summed E-state index contributed by atoms with van der Waals surface area (Å²) in [5, 5.41) is 19.1. The van der Waals surface area contributed by atoms with Gasteiger partial charge in [0.1, 0.15) is 17.4 Å². The summed E-state index contributed by atoms with van der Waals surface area (Å²) in [6.45, 7) is 7.68. The molecule has 2 rings (SSSR count). The molecule has 0 aliphatic carbocycles. The fourth-order valence-corrected chi connectivity index (χ4v) is 3.24. The Morgan fingerprint density at radius 2 is 1.86 bits per heavy atom. The van der Waals surface area contributed by atoms with E-state index in [2.05, 4.69) is 0 Å². The summed E-state index contributed by atoms with van der Waals surface area (Å²) in [6.07, 6.45) is 0.437. The fourth-order valence-electron chi connectivity index (χ4n) is 3.24. The Morgan fingerprint density at radius 1 is 1.18 bits per heavy atom. The van der Waals surface area contributed by atoms with Crippen LogP contribution >= 0.6 is 0 Å². The van der Waals surface area contributed by atoms with E-state index in [0.29, 0.717) is 24.3 Å².